The zero-order valence-corrected chi connectivity index (χ0v) is 25.9. The van der Waals surface area contributed by atoms with Crippen molar-refractivity contribution in [3.63, 3.8) is 0 Å². The third kappa shape index (κ3) is 6.02. The molecule has 234 valence electrons. The number of sulfonamides is 1. The second kappa shape index (κ2) is 12.6. The Morgan fingerprint density at radius 1 is 0.909 bits per heavy atom. The zero-order valence-electron chi connectivity index (χ0n) is 24.3. The van der Waals surface area contributed by atoms with Gasteiger partial charge >= 0.3 is 0 Å². The SMILES string of the molecule is COCOc1ccc(S(=O)(=O)N2CCC(c3ccc(F)cc3)CC2)cc1N1C2CCC1CN(C(=O)c1ccc(F)cc1Cl)C2. The van der Waals surface area contributed by atoms with Gasteiger partial charge in [0.2, 0.25) is 10.0 Å². The fourth-order valence-corrected chi connectivity index (χ4v) is 8.45. The van der Waals surface area contributed by atoms with Crippen LogP contribution in [0.25, 0.3) is 0 Å². The maximum Gasteiger partial charge on any atom is 0.255 e. The molecule has 0 spiro atoms. The van der Waals surface area contributed by atoms with Gasteiger partial charge in [0, 0.05) is 45.4 Å². The Balaban J connectivity index is 1.23. The molecule has 3 aromatic carbocycles. The number of anilines is 1. The normalized spacial score (nSPS) is 21.1. The van der Waals surface area contributed by atoms with E-state index in [0.717, 1.165) is 24.5 Å². The van der Waals surface area contributed by atoms with Crippen molar-refractivity contribution in [2.24, 2.45) is 0 Å². The van der Waals surface area contributed by atoms with Gasteiger partial charge in [-0.2, -0.15) is 4.31 Å². The van der Waals surface area contributed by atoms with E-state index in [1.165, 1.54) is 35.7 Å². The van der Waals surface area contributed by atoms with Crippen molar-refractivity contribution in [3.05, 3.63) is 88.4 Å². The van der Waals surface area contributed by atoms with Crippen molar-refractivity contribution in [3.8, 4) is 5.75 Å². The van der Waals surface area contributed by atoms with E-state index in [0.29, 0.717) is 50.5 Å². The average molecular weight is 646 g/mol. The fraction of sp³-hybridized carbons (Fsp3) is 0.406. The Hall–Kier alpha value is -3.25. The van der Waals surface area contributed by atoms with E-state index in [1.807, 2.05) is 0 Å². The van der Waals surface area contributed by atoms with Crippen LogP contribution in [-0.4, -0.2) is 75.7 Å². The lowest BCUT2D eigenvalue weighted by molar-refractivity contribution is 0.0511. The van der Waals surface area contributed by atoms with Gasteiger partial charge in [0.1, 0.15) is 17.4 Å². The molecular weight excluding hydrogens is 612 g/mol. The maximum absolute atomic E-state index is 13.9. The van der Waals surface area contributed by atoms with Gasteiger partial charge in [0.25, 0.3) is 5.91 Å². The second-order valence-corrected chi connectivity index (χ2v) is 13.9. The Morgan fingerprint density at radius 3 is 2.20 bits per heavy atom. The molecule has 0 N–H and O–H groups in total. The molecule has 8 nitrogen and oxygen atoms in total. The van der Waals surface area contributed by atoms with Crippen LogP contribution in [0.1, 0.15) is 47.5 Å². The lowest BCUT2D eigenvalue weighted by atomic mass is 9.90. The van der Waals surface area contributed by atoms with Crippen LogP contribution < -0.4 is 9.64 Å². The van der Waals surface area contributed by atoms with Crippen molar-refractivity contribution >= 4 is 33.2 Å². The number of carbonyl (C=O) groups excluding carboxylic acids is 1. The molecule has 3 aromatic rings. The highest BCUT2D eigenvalue weighted by molar-refractivity contribution is 7.89. The molecule has 2 unspecified atom stereocenters. The number of fused-ring (bicyclic) bond motifs is 2. The van der Waals surface area contributed by atoms with Gasteiger partial charge < -0.3 is 19.3 Å². The van der Waals surface area contributed by atoms with E-state index in [2.05, 4.69) is 4.90 Å². The Morgan fingerprint density at radius 2 is 1.57 bits per heavy atom. The van der Waals surface area contributed by atoms with E-state index >= 15 is 0 Å². The third-order valence-electron chi connectivity index (χ3n) is 8.90. The lowest BCUT2D eigenvalue weighted by Crippen LogP contribution is -2.55. The molecule has 0 radical (unpaired) electrons. The summed E-state index contributed by atoms with van der Waals surface area (Å²) in [6.07, 6.45) is 2.91. The molecular formula is C32H34ClF2N3O5S. The minimum Gasteiger partial charge on any atom is -0.465 e. The first kappa shape index (κ1) is 30.8. The van der Waals surface area contributed by atoms with E-state index in [4.69, 9.17) is 21.1 Å². The molecule has 1 amide bonds. The van der Waals surface area contributed by atoms with E-state index in [-0.39, 0.29) is 52.0 Å². The highest BCUT2D eigenvalue weighted by Crippen LogP contribution is 2.42. The molecule has 3 aliphatic rings. The summed E-state index contributed by atoms with van der Waals surface area (Å²) in [7, 11) is -2.29. The Labute approximate surface area is 261 Å². The molecule has 3 heterocycles. The van der Waals surface area contributed by atoms with Crippen LogP contribution in [0.3, 0.4) is 0 Å². The molecule has 2 bridgehead atoms. The summed E-state index contributed by atoms with van der Waals surface area (Å²) in [5, 5.41) is 0.0691. The van der Waals surface area contributed by atoms with Crippen LogP contribution in [0.5, 0.6) is 5.75 Å². The summed E-state index contributed by atoms with van der Waals surface area (Å²) in [5.41, 5.74) is 1.91. The first-order chi connectivity index (χ1) is 21.2. The van der Waals surface area contributed by atoms with Gasteiger partial charge in [-0.25, -0.2) is 17.2 Å². The summed E-state index contributed by atoms with van der Waals surface area (Å²) < 4.78 is 67.3. The fourth-order valence-electron chi connectivity index (χ4n) is 6.71. The summed E-state index contributed by atoms with van der Waals surface area (Å²) in [6, 6.07) is 14.9. The smallest absolute Gasteiger partial charge is 0.255 e. The van der Waals surface area contributed by atoms with Crippen molar-refractivity contribution in [1.82, 2.24) is 9.21 Å². The highest BCUT2D eigenvalue weighted by atomic mass is 35.5. The molecule has 3 saturated heterocycles. The van der Waals surface area contributed by atoms with Crippen molar-refractivity contribution in [2.45, 2.75) is 48.6 Å². The van der Waals surface area contributed by atoms with Gasteiger partial charge in [-0.15, -0.1) is 0 Å². The van der Waals surface area contributed by atoms with Crippen LogP contribution in [0, 0.1) is 11.6 Å². The van der Waals surface area contributed by atoms with E-state index in [9.17, 15) is 22.0 Å². The number of piperazine rings is 1. The number of methoxy groups -OCH3 is 1. The van der Waals surface area contributed by atoms with Crippen LogP contribution in [0.15, 0.2) is 65.6 Å². The first-order valence-corrected chi connectivity index (χ1v) is 16.5. The van der Waals surface area contributed by atoms with Crippen LogP contribution >= 0.6 is 11.6 Å². The number of carbonyl (C=O) groups is 1. The van der Waals surface area contributed by atoms with E-state index in [1.54, 1.807) is 35.2 Å². The number of ether oxygens (including phenoxy) is 2. The molecule has 0 saturated carbocycles. The predicted octanol–water partition coefficient (Wildman–Crippen LogP) is 5.66. The number of nitrogens with zero attached hydrogens (tertiary/aromatic N) is 3. The minimum absolute atomic E-state index is 0.00710. The molecule has 3 fully saturated rings. The summed E-state index contributed by atoms with van der Waals surface area (Å²) >= 11 is 6.19. The topological polar surface area (TPSA) is 79.4 Å². The van der Waals surface area contributed by atoms with Gasteiger partial charge in [-0.1, -0.05) is 23.7 Å². The quantitative estimate of drug-likeness (QED) is 0.294. The summed E-state index contributed by atoms with van der Waals surface area (Å²) in [6.45, 7) is 1.52. The number of benzene rings is 3. The predicted molar refractivity (Wildman–Crippen MR) is 163 cm³/mol. The standard InChI is InChI=1S/C32H34ClF2N3O5S/c1-42-20-43-31-11-9-27(44(40,41)37-14-12-22(13-15-37)21-2-4-23(34)5-3-21)17-30(31)38-25-7-8-26(38)19-36(18-25)32(39)28-10-6-24(35)16-29(28)33/h2-6,9-11,16-17,22,25-26H,7-8,12-15,18-20H2,1H3. The number of piperidine rings is 1. The average Bonchev–Trinajstić information content (AvgIpc) is 3.28. The number of hydrogen-bond acceptors (Lipinski definition) is 6. The number of amides is 1. The summed E-state index contributed by atoms with van der Waals surface area (Å²) in [5.74, 6) is -0.392. The number of halogens is 3. The Bertz CT molecular complexity index is 1620. The molecule has 12 heteroatoms. The van der Waals surface area contributed by atoms with Gasteiger partial charge in [-0.3, -0.25) is 4.79 Å². The third-order valence-corrected chi connectivity index (χ3v) is 11.1. The molecule has 2 atom stereocenters. The number of rotatable bonds is 8. The van der Waals surface area contributed by atoms with Gasteiger partial charge in [0.05, 0.1) is 21.2 Å². The van der Waals surface area contributed by atoms with Gasteiger partial charge in [-0.05, 0) is 85.7 Å². The van der Waals surface area contributed by atoms with Crippen molar-refractivity contribution in [2.75, 3.05) is 45.0 Å². The van der Waals surface area contributed by atoms with Gasteiger partial charge in [0.15, 0.2) is 6.79 Å². The maximum atomic E-state index is 13.9. The largest absolute Gasteiger partial charge is 0.465 e. The molecule has 6 rings (SSSR count). The molecule has 3 aliphatic heterocycles. The lowest BCUT2D eigenvalue weighted by Gasteiger charge is -2.43. The number of likely N-dealkylation sites (tertiary alicyclic amines) is 1. The minimum atomic E-state index is -3.81. The van der Waals surface area contributed by atoms with Crippen molar-refractivity contribution < 1.29 is 31.5 Å². The Kier molecular flexibility index (Phi) is 8.83. The van der Waals surface area contributed by atoms with E-state index < -0.39 is 15.8 Å². The van der Waals surface area contributed by atoms with Crippen molar-refractivity contribution in [1.29, 1.82) is 0 Å². The molecule has 0 aliphatic carbocycles. The monoisotopic (exact) mass is 645 g/mol. The molecule has 0 aromatic heterocycles. The second-order valence-electron chi connectivity index (χ2n) is 11.5. The summed E-state index contributed by atoms with van der Waals surface area (Å²) in [4.78, 5) is 17.4. The van der Waals surface area contributed by atoms with Crippen LogP contribution in [0.2, 0.25) is 5.02 Å². The highest BCUT2D eigenvalue weighted by Gasteiger charge is 2.43. The first-order valence-electron chi connectivity index (χ1n) is 14.7. The van der Waals surface area contributed by atoms with Crippen LogP contribution in [-0.2, 0) is 14.8 Å². The zero-order chi connectivity index (χ0) is 31.0. The molecule has 44 heavy (non-hydrogen) atoms. The number of hydrogen-bond donors (Lipinski definition) is 0. The van der Waals surface area contributed by atoms with Crippen LogP contribution in [0.4, 0.5) is 14.5 Å².